The zero-order chi connectivity index (χ0) is 17.2. The maximum absolute atomic E-state index is 9.00. The topological polar surface area (TPSA) is 53.0 Å². The van der Waals surface area contributed by atoms with E-state index >= 15 is 0 Å². The van der Waals surface area contributed by atoms with Crippen molar-refractivity contribution in [2.24, 2.45) is 5.73 Å². The van der Waals surface area contributed by atoms with Crippen LogP contribution < -0.4 is 5.73 Å². The number of piperidine rings is 1. The largest absolute Gasteiger partial charge is 0.327 e. The summed E-state index contributed by atoms with van der Waals surface area (Å²) >= 11 is 1.92. The van der Waals surface area contributed by atoms with Crippen molar-refractivity contribution in [3.63, 3.8) is 0 Å². The predicted molar refractivity (Wildman–Crippen MR) is 102 cm³/mol. The first-order chi connectivity index (χ1) is 12.2. The van der Waals surface area contributed by atoms with Gasteiger partial charge >= 0.3 is 0 Å². The third-order valence-corrected chi connectivity index (χ3v) is 6.71. The molecule has 1 aliphatic heterocycles. The van der Waals surface area contributed by atoms with Gasteiger partial charge in [0, 0.05) is 23.5 Å². The van der Waals surface area contributed by atoms with Crippen LogP contribution in [0.5, 0.6) is 0 Å². The second kappa shape index (κ2) is 7.21. The molecule has 1 aliphatic carbocycles. The van der Waals surface area contributed by atoms with Crippen LogP contribution in [0.15, 0.2) is 53.4 Å². The molecule has 25 heavy (non-hydrogen) atoms. The normalized spacial score (nSPS) is 26.2. The molecular weight excluding hydrogens is 326 g/mol. The minimum Gasteiger partial charge on any atom is -0.327 e. The highest BCUT2D eigenvalue weighted by Crippen LogP contribution is 2.47. The van der Waals surface area contributed by atoms with Crippen molar-refractivity contribution in [2.75, 3.05) is 13.1 Å². The number of benzene rings is 2. The molecule has 2 aliphatic rings. The Bertz CT molecular complexity index is 780. The molecule has 0 bridgehead atoms. The lowest BCUT2D eigenvalue weighted by atomic mass is 10.0. The lowest BCUT2D eigenvalue weighted by Gasteiger charge is -2.38. The molecule has 0 amide bonds. The molecule has 2 N–H and O–H groups in total. The first-order valence-corrected chi connectivity index (χ1v) is 9.87. The molecule has 0 radical (unpaired) electrons. The van der Waals surface area contributed by atoms with E-state index in [1.54, 1.807) is 0 Å². The highest BCUT2D eigenvalue weighted by molar-refractivity contribution is 7.99. The van der Waals surface area contributed by atoms with Gasteiger partial charge in [-0.25, -0.2) is 0 Å². The highest BCUT2D eigenvalue weighted by Gasteiger charge is 2.38. The molecule has 1 fully saturated rings. The fraction of sp³-hybridized carbons (Fsp3) is 0.381. The summed E-state index contributed by atoms with van der Waals surface area (Å²) in [5, 5.41) is 9.43. The Kier molecular flexibility index (Phi) is 4.80. The van der Waals surface area contributed by atoms with Gasteiger partial charge in [-0.05, 0) is 61.2 Å². The summed E-state index contributed by atoms with van der Waals surface area (Å²) in [7, 11) is 0. The van der Waals surface area contributed by atoms with Gasteiger partial charge in [0.15, 0.2) is 0 Å². The molecule has 4 heteroatoms. The monoisotopic (exact) mass is 349 g/mol. The molecular formula is C21H23N3S. The third-order valence-electron chi connectivity index (χ3n) is 5.34. The van der Waals surface area contributed by atoms with Crippen molar-refractivity contribution in [3.05, 3.63) is 65.2 Å². The second-order valence-corrected chi connectivity index (χ2v) is 8.26. The van der Waals surface area contributed by atoms with E-state index in [-0.39, 0.29) is 0 Å². The molecule has 0 aromatic heterocycles. The summed E-state index contributed by atoms with van der Waals surface area (Å²) in [6, 6.07) is 19.8. The maximum Gasteiger partial charge on any atom is 0.0991 e. The Hall–Kier alpha value is -1.80. The number of likely N-dealkylation sites (tertiary alicyclic amines) is 1. The van der Waals surface area contributed by atoms with Gasteiger partial charge < -0.3 is 5.73 Å². The molecule has 128 valence electrons. The quantitative estimate of drug-likeness (QED) is 0.917. The van der Waals surface area contributed by atoms with Crippen LogP contribution in [0.25, 0.3) is 0 Å². The van der Waals surface area contributed by atoms with Crippen molar-refractivity contribution in [2.45, 2.75) is 41.5 Å². The number of fused-ring (bicyclic) bond motifs is 1. The number of nitriles is 1. The Morgan fingerprint density at radius 1 is 1.12 bits per heavy atom. The van der Waals surface area contributed by atoms with Crippen LogP contribution in [0.2, 0.25) is 0 Å². The van der Waals surface area contributed by atoms with E-state index in [9.17, 15) is 0 Å². The summed E-state index contributed by atoms with van der Waals surface area (Å²) in [4.78, 5) is 3.84. The van der Waals surface area contributed by atoms with Gasteiger partial charge in [0.05, 0.1) is 16.9 Å². The average molecular weight is 350 g/mol. The van der Waals surface area contributed by atoms with Gasteiger partial charge in [-0.1, -0.05) is 24.3 Å². The van der Waals surface area contributed by atoms with Crippen LogP contribution in [-0.4, -0.2) is 30.1 Å². The molecule has 4 rings (SSSR count). The van der Waals surface area contributed by atoms with E-state index in [0.717, 1.165) is 31.5 Å². The summed E-state index contributed by atoms with van der Waals surface area (Å²) in [6.07, 6.45) is 3.45. The summed E-state index contributed by atoms with van der Waals surface area (Å²) < 4.78 is 0. The second-order valence-electron chi connectivity index (χ2n) is 7.04. The third kappa shape index (κ3) is 3.46. The van der Waals surface area contributed by atoms with Gasteiger partial charge in [0.25, 0.3) is 0 Å². The van der Waals surface area contributed by atoms with E-state index in [1.165, 1.54) is 22.4 Å². The zero-order valence-corrected chi connectivity index (χ0v) is 15.1. The van der Waals surface area contributed by atoms with Gasteiger partial charge in [-0.15, -0.1) is 11.8 Å². The number of rotatable bonds is 3. The van der Waals surface area contributed by atoms with Gasteiger partial charge in [0.2, 0.25) is 0 Å². The Labute approximate surface area is 153 Å². The summed E-state index contributed by atoms with van der Waals surface area (Å²) in [5.41, 5.74) is 9.90. The van der Waals surface area contributed by atoms with E-state index < -0.39 is 0 Å². The van der Waals surface area contributed by atoms with Gasteiger partial charge in [0.1, 0.15) is 0 Å². The number of hydrogen-bond acceptors (Lipinski definition) is 4. The Balaban J connectivity index is 1.61. The van der Waals surface area contributed by atoms with Crippen molar-refractivity contribution in [1.29, 1.82) is 5.26 Å². The molecule has 1 heterocycles. The molecule has 0 spiro atoms. The van der Waals surface area contributed by atoms with E-state index in [0.29, 0.717) is 17.3 Å². The number of nitrogens with two attached hydrogens (primary N) is 1. The molecule has 2 aromatic carbocycles. The molecule has 0 saturated carbocycles. The van der Waals surface area contributed by atoms with Crippen molar-refractivity contribution in [3.8, 4) is 6.07 Å². The minimum atomic E-state index is 0.304. The fourth-order valence-electron chi connectivity index (χ4n) is 4.10. The van der Waals surface area contributed by atoms with E-state index in [1.807, 2.05) is 23.9 Å². The minimum absolute atomic E-state index is 0.304. The van der Waals surface area contributed by atoms with Gasteiger partial charge in [-0.2, -0.15) is 5.26 Å². The first-order valence-electron chi connectivity index (χ1n) is 8.99. The lowest BCUT2D eigenvalue weighted by Crippen LogP contribution is -2.48. The molecule has 1 saturated heterocycles. The van der Waals surface area contributed by atoms with Crippen molar-refractivity contribution in [1.82, 2.24) is 4.90 Å². The molecule has 3 atom stereocenters. The molecule has 0 unspecified atom stereocenters. The number of thioether (sulfide) groups is 1. The number of nitrogens with zero attached hydrogens (tertiary/aromatic N) is 2. The van der Waals surface area contributed by atoms with E-state index in [4.69, 9.17) is 11.0 Å². The van der Waals surface area contributed by atoms with Crippen molar-refractivity contribution < 1.29 is 0 Å². The van der Waals surface area contributed by atoms with Crippen LogP contribution in [0.4, 0.5) is 0 Å². The smallest absolute Gasteiger partial charge is 0.0991 e. The fourth-order valence-corrected chi connectivity index (χ4v) is 5.46. The standard InChI is InChI=1S/C21H23N3S/c22-13-15-7-9-18(10-8-15)25-21-19-6-2-1-4-16(19)12-20(21)24-11-3-5-17(23)14-24/h1-2,4,6-10,17,20-21H,3,5,11-12,14,23H2/t17-,20-,21-/m1/s1. The predicted octanol–water partition coefficient (Wildman–Crippen LogP) is 3.74. The zero-order valence-electron chi connectivity index (χ0n) is 14.3. The SMILES string of the molecule is N#Cc1ccc(S[C@@H]2c3ccccc3C[C@H]2N2CCC[C@@H](N)C2)cc1. The van der Waals surface area contributed by atoms with E-state index in [2.05, 4.69) is 47.4 Å². The van der Waals surface area contributed by atoms with Crippen LogP contribution in [0.1, 0.15) is 34.8 Å². The lowest BCUT2D eigenvalue weighted by molar-refractivity contribution is 0.152. The van der Waals surface area contributed by atoms with Crippen LogP contribution in [-0.2, 0) is 6.42 Å². The Morgan fingerprint density at radius 3 is 2.68 bits per heavy atom. The number of hydrogen-bond donors (Lipinski definition) is 1. The molecule has 2 aromatic rings. The first kappa shape index (κ1) is 16.7. The summed E-state index contributed by atoms with van der Waals surface area (Å²) in [6.45, 7) is 2.15. The highest BCUT2D eigenvalue weighted by atomic mass is 32.2. The van der Waals surface area contributed by atoms with Gasteiger partial charge in [-0.3, -0.25) is 4.90 Å². The summed E-state index contributed by atoms with van der Waals surface area (Å²) in [5.74, 6) is 0. The Morgan fingerprint density at radius 2 is 1.92 bits per heavy atom. The van der Waals surface area contributed by atoms with Crippen molar-refractivity contribution >= 4 is 11.8 Å². The van der Waals surface area contributed by atoms with Crippen LogP contribution in [0.3, 0.4) is 0 Å². The van der Waals surface area contributed by atoms with Crippen LogP contribution in [0, 0.1) is 11.3 Å². The molecule has 3 nitrogen and oxygen atoms in total. The maximum atomic E-state index is 9.00. The van der Waals surface area contributed by atoms with Crippen LogP contribution >= 0.6 is 11.8 Å². The average Bonchev–Trinajstić information content (AvgIpc) is 3.01.